The van der Waals surface area contributed by atoms with E-state index in [-0.39, 0.29) is 24.8 Å². The van der Waals surface area contributed by atoms with Crippen LogP contribution in [0.2, 0.25) is 0 Å². The summed E-state index contributed by atoms with van der Waals surface area (Å²) in [4.78, 5) is 31.7. The van der Waals surface area contributed by atoms with Gasteiger partial charge in [-0.15, -0.1) is 0 Å². The quantitative estimate of drug-likeness (QED) is 0.258. The smallest absolute Gasteiger partial charge is 0.406 e. The number of anilines is 1. The molecule has 0 atom stereocenters. The Balaban J connectivity index is 1.07. The van der Waals surface area contributed by atoms with Crippen LogP contribution in [0.3, 0.4) is 0 Å². The van der Waals surface area contributed by atoms with E-state index >= 15 is 0 Å². The lowest BCUT2D eigenvalue weighted by Crippen LogP contribution is -2.46. The lowest BCUT2D eigenvalue weighted by atomic mass is 10.1. The lowest BCUT2D eigenvalue weighted by molar-refractivity contribution is 0.0910. The van der Waals surface area contributed by atoms with E-state index < -0.39 is 6.09 Å². The van der Waals surface area contributed by atoms with Crippen LogP contribution >= 0.6 is 0 Å². The summed E-state index contributed by atoms with van der Waals surface area (Å²) in [5.74, 6) is -0.112. The molecular formula is C30H34N6O4. The summed E-state index contributed by atoms with van der Waals surface area (Å²) in [6.45, 7) is 5.26. The number of fused-ring (bicyclic) bond motifs is 2. The second kappa shape index (κ2) is 12.6. The number of furan rings is 1. The molecule has 2 aromatic carbocycles. The van der Waals surface area contributed by atoms with Gasteiger partial charge < -0.3 is 29.7 Å². The van der Waals surface area contributed by atoms with E-state index in [2.05, 4.69) is 43.7 Å². The minimum Gasteiger partial charge on any atom is -0.451 e. The predicted octanol–water partition coefficient (Wildman–Crippen LogP) is 4.02. The summed E-state index contributed by atoms with van der Waals surface area (Å²) in [5, 5.41) is 16.3. The fourth-order valence-electron chi connectivity index (χ4n) is 5.14. The van der Waals surface area contributed by atoms with E-state index in [0.29, 0.717) is 11.1 Å². The zero-order valence-electron chi connectivity index (χ0n) is 22.7. The molecule has 2 aromatic heterocycles. The third-order valence-electron chi connectivity index (χ3n) is 7.35. The summed E-state index contributed by atoms with van der Waals surface area (Å²) >= 11 is 0. The molecule has 0 spiro atoms. The Morgan fingerprint density at radius 2 is 1.95 bits per heavy atom. The van der Waals surface area contributed by atoms with Gasteiger partial charge in [0.1, 0.15) is 12.2 Å². The summed E-state index contributed by atoms with van der Waals surface area (Å²) in [6, 6.07) is 15.8. The summed E-state index contributed by atoms with van der Waals surface area (Å²) in [7, 11) is 1.48. The summed E-state index contributed by atoms with van der Waals surface area (Å²) in [6.07, 6.45) is 4.78. The van der Waals surface area contributed by atoms with E-state index in [1.807, 2.05) is 30.3 Å². The molecule has 10 heteroatoms. The molecule has 0 saturated carbocycles. The van der Waals surface area contributed by atoms with E-state index in [4.69, 9.17) is 9.15 Å². The van der Waals surface area contributed by atoms with Crippen molar-refractivity contribution in [3.8, 4) is 6.07 Å². The molecule has 0 bridgehead atoms. The van der Waals surface area contributed by atoms with Gasteiger partial charge in [-0.25, -0.2) is 4.79 Å². The van der Waals surface area contributed by atoms with Gasteiger partial charge in [-0.1, -0.05) is 0 Å². The van der Waals surface area contributed by atoms with Crippen LogP contribution in [-0.4, -0.2) is 74.8 Å². The van der Waals surface area contributed by atoms with Crippen molar-refractivity contribution < 1.29 is 18.7 Å². The number of H-pyrrole nitrogens is 1. The average Bonchev–Trinajstić information content (AvgIpc) is 3.61. The first-order valence-electron chi connectivity index (χ1n) is 13.7. The number of unbranched alkanes of at least 4 members (excludes halogenated alkanes) is 1. The lowest BCUT2D eigenvalue weighted by Gasteiger charge is -2.36. The number of rotatable bonds is 10. The van der Waals surface area contributed by atoms with Gasteiger partial charge in [0.2, 0.25) is 0 Å². The van der Waals surface area contributed by atoms with Crippen molar-refractivity contribution in [3.63, 3.8) is 0 Å². The molecule has 3 heterocycles. The van der Waals surface area contributed by atoms with Gasteiger partial charge in [0, 0.05) is 61.4 Å². The van der Waals surface area contributed by atoms with Crippen molar-refractivity contribution in [1.29, 1.82) is 5.26 Å². The van der Waals surface area contributed by atoms with Crippen molar-refractivity contribution in [1.82, 2.24) is 20.5 Å². The standard InChI is InChI=1S/C30H34N6O4/c1-32-30(38)39-15-9-33-29(37)28-18-23-17-24(6-8-27(23)40-28)36-13-11-35(12-14-36)10-3-2-4-22-20-34-26-7-5-21(19-31)16-25(22)26/h5-8,16-18,20,34H,2-4,9-15H2,1H3,(H,32,38)(H,33,37). The summed E-state index contributed by atoms with van der Waals surface area (Å²) < 4.78 is 10.6. The van der Waals surface area contributed by atoms with Gasteiger partial charge in [0.15, 0.2) is 5.76 Å². The van der Waals surface area contributed by atoms with Gasteiger partial charge in [0.05, 0.1) is 18.2 Å². The maximum Gasteiger partial charge on any atom is 0.406 e. The molecule has 1 aliphatic rings. The van der Waals surface area contributed by atoms with Gasteiger partial charge >= 0.3 is 6.09 Å². The van der Waals surface area contributed by atoms with Gasteiger partial charge in [-0.2, -0.15) is 5.26 Å². The van der Waals surface area contributed by atoms with Gasteiger partial charge in [-0.05, 0) is 73.8 Å². The van der Waals surface area contributed by atoms with Crippen LogP contribution < -0.4 is 15.5 Å². The Morgan fingerprint density at radius 3 is 2.75 bits per heavy atom. The highest BCUT2D eigenvalue weighted by Crippen LogP contribution is 2.26. The molecule has 1 aliphatic heterocycles. The van der Waals surface area contributed by atoms with Crippen molar-refractivity contribution in [2.24, 2.45) is 0 Å². The Morgan fingerprint density at radius 1 is 1.10 bits per heavy atom. The monoisotopic (exact) mass is 542 g/mol. The van der Waals surface area contributed by atoms with Gasteiger partial charge in [-0.3, -0.25) is 9.69 Å². The maximum atomic E-state index is 12.4. The molecule has 2 amide bonds. The number of carbonyl (C=O) groups excluding carboxylic acids is 2. The largest absolute Gasteiger partial charge is 0.451 e. The SMILES string of the molecule is CNC(=O)OCCNC(=O)c1cc2cc(N3CCN(CCCCc4c[nH]c5ccc(C#N)cc45)CC3)ccc2o1. The van der Waals surface area contributed by atoms with Gasteiger partial charge in [0.25, 0.3) is 5.91 Å². The number of benzene rings is 2. The average molecular weight is 543 g/mol. The van der Waals surface area contributed by atoms with E-state index in [0.717, 1.165) is 74.0 Å². The highest BCUT2D eigenvalue weighted by atomic mass is 16.5. The van der Waals surface area contributed by atoms with Crippen molar-refractivity contribution >= 4 is 39.6 Å². The van der Waals surface area contributed by atoms with Crippen molar-refractivity contribution in [3.05, 3.63) is 65.5 Å². The second-order valence-electron chi connectivity index (χ2n) is 9.95. The second-order valence-corrected chi connectivity index (χ2v) is 9.95. The highest BCUT2D eigenvalue weighted by Gasteiger charge is 2.19. The number of hydrogen-bond acceptors (Lipinski definition) is 7. The van der Waals surface area contributed by atoms with Crippen LogP contribution in [0.25, 0.3) is 21.9 Å². The molecule has 208 valence electrons. The molecule has 1 saturated heterocycles. The number of amides is 2. The molecule has 0 aliphatic carbocycles. The highest BCUT2D eigenvalue weighted by molar-refractivity contribution is 5.96. The third kappa shape index (κ3) is 6.38. The number of nitrogens with zero attached hydrogens (tertiary/aromatic N) is 3. The topological polar surface area (TPSA) is 127 Å². The van der Waals surface area contributed by atoms with Crippen molar-refractivity contribution in [2.45, 2.75) is 19.3 Å². The molecule has 0 unspecified atom stereocenters. The van der Waals surface area contributed by atoms with Crippen LogP contribution in [0.5, 0.6) is 0 Å². The molecular weight excluding hydrogens is 508 g/mol. The van der Waals surface area contributed by atoms with Crippen LogP contribution in [0, 0.1) is 11.3 Å². The van der Waals surface area contributed by atoms with Crippen LogP contribution in [0.4, 0.5) is 10.5 Å². The molecule has 5 rings (SSSR count). The maximum absolute atomic E-state index is 12.4. The number of alkyl carbamates (subject to hydrolysis) is 1. The van der Waals surface area contributed by atoms with E-state index in [1.54, 1.807) is 6.07 Å². The van der Waals surface area contributed by atoms with Crippen LogP contribution in [0.15, 0.2) is 53.1 Å². The Kier molecular flexibility index (Phi) is 8.52. The number of nitrogens with one attached hydrogen (secondary N) is 3. The third-order valence-corrected chi connectivity index (χ3v) is 7.35. The number of aryl methyl sites for hydroxylation is 1. The fourth-order valence-corrected chi connectivity index (χ4v) is 5.14. The van der Waals surface area contributed by atoms with Crippen LogP contribution in [0.1, 0.15) is 34.5 Å². The molecule has 0 radical (unpaired) electrons. The normalized spacial score (nSPS) is 13.8. The predicted molar refractivity (Wildman–Crippen MR) is 154 cm³/mol. The van der Waals surface area contributed by atoms with E-state index in [9.17, 15) is 14.9 Å². The summed E-state index contributed by atoms with van der Waals surface area (Å²) in [5.41, 5.74) is 4.85. The zero-order valence-corrected chi connectivity index (χ0v) is 22.7. The number of aromatic nitrogens is 1. The number of hydrogen-bond donors (Lipinski definition) is 3. The molecule has 40 heavy (non-hydrogen) atoms. The Hall–Kier alpha value is -4.49. The minimum atomic E-state index is -0.538. The number of carbonyl (C=O) groups is 2. The first-order chi connectivity index (χ1) is 19.5. The zero-order chi connectivity index (χ0) is 27.9. The number of piperazine rings is 1. The Labute approximate surface area is 232 Å². The first kappa shape index (κ1) is 27.1. The number of ether oxygens (including phenoxy) is 1. The van der Waals surface area contributed by atoms with Crippen LogP contribution in [-0.2, 0) is 11.2 Å². The minimum absolute atomic E-state index is 0.0793. The number of nitriles is 1. The Bertz CT molecular complexity index is 1530. The number of aromatic amines is 1. The van der Waals surface area contributed by atoms with Crippen molar-refractivity contribution in [2.75, 3.05) is 57.8 Å². The first-order valence-corrected chi connectivity index (χ1v) is 13.7. The molecule has 1 fully saturated rings. The molecule has 10 nitrogen and oxygen atoms in total. The molecule has 3 N–H and O–H groups in total. The van der Waals surface area contributed by atoms with E-state index in [1.165, 1.54) is 12.6 Å². The fraction of sp³-hybridized carbons (Fsp3) is 0.367. The molecule has 4 aromatic rings.